The molecule has 1 rings (SSSR count). The maximum atomic E-state index is 5.53. The Morgan fingerprint density at radius 1 is 1.45 bits per heavy atom. The highest BCUT2D eigenvalue weighted by molar-refractivity contribution is 4.65. The van der Waals surface area contributed by atoms with Gasteiger partial charge in [0, 0.05) is 19.6 Å². The Labute approximate surface area is 68.5 Å². The van der Waals surface area contributed by atoms with Crippen LogP contribution in [0.15, 0.2) is 0 Å². The van der Waals surface area contributed by atoms with Crippen LogP contribution < -0.4 is 5.73 Å². The topological polar surface area (TPSA) is 38.5 Å². The van der Waals surface area contributed by atoms with Gasteiger partial charge in [-0.15, -0.1) is 0 Å². The Hall–Kier alpha value is -0.120. The van der Waals surface area contributed by atoms with Gasteiger partial charge in [-0.2, -0.15) is 0 Å². The summed E-state index contributed by atoms with van der Waals surface area (Å²) in [4.78, 5) is 2.42. The standard InChI is InChI=1S/C8H18N2O/c1-8(6-9)7-10-2-4-11-5-3-10/h8H,2-7,9H2,1H3/t8-/m1/s1. The fraction of sp³-hybridized carbons (Fsp3) is 1.00. The molecule has 2 N–H and O–H groups in total. The molecule has 0 aromatic carbocycles. The first-order chi connectivity index (χ1) is 5.33. The molecular weight excluding hydrogens is 140 g/mol. The molecule has 0 aliphatic carbocycles. The summed E-state index contributed by atoms with van der Waals surface area (Å²) in [6.45, 7) is 8.02. The molecule has 3 heteroatoms. The zero-order chi connectivity index (χ0) is 8.10. The van der Waals surface area contributed by atoms with E-state index in [2.05, 4.69) is 11.8 Å². The van der Waals surface area contributed by atoms with E-state index in [4.69, 9.17) is 10.5 Å². The fourth-order valence-electron chi connectivity index (χ4n) is 1.30. The molecule has 0 aromatic rings. The van der Waals surface area contributed by atoms with Gasteiger partial charge in [0.15, 0.2) is 0 Å². The van der Waals surface area contributed by atoms with E-state index < -0.39 is 0 Å². The highest BCUT2D eigenvalue weighted by Crippen LogP contribution is 2.01. The minimum absolute atomic E-state index is 0.619. The molecule has 1 aliphatic heterocycles. The largest absolute Gasteiger partial charge is 0.379 e. The summed E-state index contributed by atoms with van der Waals surface area (Å²) in [5.74, 6) is 0.619. The van der Waals surface area contributed by atoms with Gasteiger partial charge < -0.3 is 10.5 Å². The van der Waals surface area contributed by atoms with Crippen LogP contribution in [0, 0.1) is 5.92 Å². The van der Waals surface area contributed by atoms with Gasteiger partial charge in [0.25, 0.3) is 0 Å². The van der Waals surface area contributed by atoms with Gasteiger partial charge in [-0.05, 0) is 12.5 Å². The number of nitrogens with two attached hydrogens (primary N) is 1. The van der Waals surface area contributed by atoms with Gasteiger partial charge >= 0.3 is 0 Å². The Balaban J connectivity index is 2.13. The minimum atomic E-state index is 0.619. The van der Waals surface area contributed by atoms with Crippen LogP contribution >= 0.6 is 0 Å². The zero-order valence-corrected chi connectivity index (χ0v) is 7.25. The van der Waals surface area contributed by atoms with Crippen molar-refractivity contribution in [3.63, 3.8) is 0 Å². The number of morpholine rings is 1. The van der Waals surface area contributed by atoms with Gasteiger partial charge in [-0.25, -0.2) is 0 Å². The molecule has 0 spiro atoms. The molecular formula is C8H18N2O. The fourth-order valence-corrected chi connectivity index (χ4v) is 1.30. The molecule has 3 nitrogen and oxygen atoms in total. The predicted octanol–water partition coefficient (Wildman–Crippen LogP) is -0.0866. The molecule has 1 fully saturated rings. The quantitative estimate of drug-likeness (QED) is 0.624. The van der Waals surface area contributed by atoms with Crippen molar-refractivity contribution in [1.82, 2.24) is 4.90 Å². The van der Waals surface area contributed by atoms with Crippen LogP contribution in [0.2, 0.25) is 0 Å². The Bertz CT molecular complexity index is 102. The van der Waals surface area contributed by atoms with Crippen LogP contribution in [0.4, 0.5) is 0 Å². The Kier molecular flexibility index (Phi) is 3.83. The van der Waals surface area contributed by atoms with E-state index in [0.717, 1.165) is 39.4 Å². The van der Waals surface area contributed by atoms with Crippen LogP contribution in [-0.2, 0) is 4.74 Å². The van der Waals surface area contributed by atoms with Crippen LogP contribution in [0.5, 0.6) is 0 Å². The van der Waals surface area contributed by atoms with Gasteiger partial charge in [-0.1, -0.05) is 6.92 Å². The predicted molar refractivity (Wildman–Crippen MR) is 45.5 cm³/mol. The van der Waals surface area contributed by atoms with Gasteiger partial charge in [0.05, 0.1) is 13.2 Å². The maximum absolute atomic E-state index is 5.53. The van der Waals surface area contributed by atoms with E-state index in [1.165, 1.54) is 0 Å². The van der Waals surface area contributed by atoms with Crippen molar-refractivity contribution in [3.05, 3.63) is 0 Å². The van der Waals surface area contributed by atoms with E-state index in [9.17, 15) is 0 Å². The number of hydrogen-bond donors (Lipinski definition) is 1. The van der Waals surface area contributed by atoms with Gasteiger partial charge in [-0.3, -0.25) is 4.90 Å². The summed E-state index contributed by atoms with van der Waals surface area (Å²) in [6.07, 6.45) is 0. The number of nitrogens with zero attached hydrogens (tertiary/aromatic N) is 1. The molecule has 0 aromatic heterocycles. The lowest BCUT2D eigenvalue weighted by molar-refractivity contribution is 0.0323. The van der Waals surface area contributed by atoms with E-state index in [-0.39, 0.29) is 0 Å². The number of rotatable bonds is 3. The molecule has 1 heterocycles. The molecule has 1 saturated heterocycles. The average molecular weight is 158 g/mol. The summed E-state index contributed by atoms with van der Waals surface area (Å²) in [6, 6.07) is 0. The third-order valence-electron chi connectivity index (χ3n) is 2.08. The summed E-state index contributed by atoms with van der Waals surface area (Å²) >= 11 is 0. The van der Waals surface area contributed by atoms with Crippen molar-refractivity contribution in [2.24, 2.45) is 11.7 Å². The number of ether oxygens (including phenoxy) is 1. The second kappa shape index (κ2) is 4.70. The van der Waals surface area contributed by atoms with Gasteiger partial charge in [0.1, 0.15) is 0 Å². The van der Waals surface area contributed by atoms with Crippen LogP contribution in [0.1, 0.15) is 6.92 Å². The summed E-state index contributed by atoms with van der Waals surface area (Å²) in [5.41, 5.74) is 5.53. The van der Waals surface area contributed by atoms with Gasteiger partial charge in [0.2, 0.25) is 0 Å². The van der Waals surface area contributed by atoms with Crippen molar-refractivity contribution < 1.29 is 4.74 Å². The lowest BCUT2D eigenvalue weighted by atomic mass is 10.1. The first-order valence-corrected chi connectivity index (χ1v) is 4.33. The Morgan fingerprint density at radius 2 is 2.09 bits per heavy atom. The molecule has 0 saturated carbocycles. The highest BCUT2D eigenvalue weighted by atomic mass is 16.5. The smallest absolute Gasteiger partial charge is 0.0594 e. The first-order valence-electron chi connectivity index (χ1n) is 4.33. The highest BCUT2D eigenvalue weighted by Gasteiger charge is 2.11. The van der Waals surface area contributed by atoms with Crippen molar-refractivity contribution in [3.8, 4) is 0 Å². The van der Waals surface area contributed by atoms with Crippen molar-refractivity contribution in [1.29, 1.82) is 0 Å². The average Bonchev–Trinajstić information content (AvgIpc) is 2.06. The first kappa shape index (κ1) is 8.97. The molecule has 1 aliphatic rings. The second-order valence-corrected chi connectivity index (χ2v) is 3.25. The summed E-state index contributed by atoms with van der Waals surface area (Å²) in [7, 11) is 0. The zero-order valence-electron chi connectivity index (χ0n) is 7.25. The third-order valence-corrected chi connectivity index (χ3v) is 2.08. The monoisotopic (exact) mass is 158 g/mol. The lowest BCUT2D eigenvalue weighted by Gasteiger charge is -2.28. The summed E-state index contributed by atoms with van der Waals surface area (Å²) < 4.78 is 5.24. The normalized spacial score (nSPS) is 23.5. The molecule has 0 unspecified atom stereocenters. The van der Waals surface area contributed by atoms with E-state index >= 15 is 0 Å². The number of hydrogen-bond acceptors (Lipinski definition) is 3. The SMILES string of the molecule is C[C@H](CN)CN1CCOCC1. The molecule has 66 valence electrons. The van der Waals surface area contributed by atoms with Crippen LogP contribution in [0.3, 0.4) is 0 Å². The molecule has 11 heavy (non-hydrogen) atoms. The van der Waals surface area contributed by atoms with Crippen LogP contribution in [0.25, 0.3) is 0 Å². The molecule has 0 bridgehead atoms. The van der Waals surface area contributed by atoms with Crippen LogP contribution in [-0.4, -0.2) is 44.3 Å². The third kappa shape index (κ3) is 3.18. The van der Waals surface area contributed by atoms with Crippen molar-refractivity contribution in [2.75, 3.05) is 39.4 Å². The minimum Gasteiger partial charge on any atom is -0.379 e. The van der Waals surface area contributed by atoms with E-state index in [0.29, 0.717) is 5.92 Å². The maximum Gasteiger partial charge on any atom is 0.0594 e. The second-order valence-electron chi connectivity index (χ2n) is 3.25. The van der Waals surface area contributed by atoms with E-state index in [1.54, 1.807) is 0 Å². The lowest BCUT2D eigenvalue weighted by Crippen LogP contribution is -2.40. The molecule has 0 amide bonds. The molecule has 0 radical (unpaired) electrons. The van der Waals surface area contributed by atoms with E-state index in [1.807, 2.05) is 0 Å². The van der Waals surface area contributed by atoms with Crippen molar-refractivity contribution in [2.45, 2.75) is 6.92 Å². The van der Waals surface area contributed by atoms with Crippen molar-refractivity contribution >= 4 is 0 Å². The Morgan fingerprint density at radius 3 is 2.64 bits per heavy atom. The molecule has 1 atom stereocenters. The summed E-state index contributed by atoms with van der Waals surface area (Å²) in [5, 5.41) is 0.